The van der Waals surface area contributed by atoms with Crippen LogP contribution in [0.15, 0.2) is 37.5 Å². The van der Waals surface area contributed by atoms with Gasteiger partial charge in [-0.25, -0.2) is 0 Å². The van der Waals surface area contributed by atoms with E-state index in [1.165, 1.54) is 19.1 Å². The fourth-order valence-electron chi connectivity index (χ4n) is 0.0833. The van der Waals surface area contributed by atoms with E-state index >= 15 is 0 Å². The summed E-state index contributed by atoms with van der Waals surface area (Å²) in [5.41, 5.74) is 0.620. The zero-order chi connectivity index (χ0) is 10.1. The van der Waals surface area contributed by atoms with Crippen molar-refractivity contribution >= 4 is 11.6 Å². The van der Waals surface area contributed by atoms with Crippen LogP contribution in [0, 0.1) is 0 Å². The number of carbonyl (C=O) groups is 2. The third-order valence-corrected chi connectivity index (χ3v) is 1.00. The van der Waals surface area contributed by atoms with Gasteiger partial charge in [0.25, 0.3) is 0 Å². The monoisotopic (exact) mass is 166 g/mol. The van der Waals surface area contributed by atoms with Crippen molar-refractivity contribution in [3.63, 3.8) is 0 Å². The number of hydrogen-bond acceptors (Lipinski definition) is 2. The highest BCUT2D eigenvalue weighted by atomic mass is 16.1. The minimum absolute atomic E-state index is 0.0648. The third kappa shape index (κ3) is 11.4. The predicted molar refractivity (Wildman–Crippen MR) is 50.9 cm³/mol. The fraction of sp³-hybridized carbons (Fsp3) is 0.200. The molecule has 0 unspecified atom stereocenters. The summed E-state index contributed by atoms with van der Waals surface area (Å²) in [4.78, 5) is 20.0. The van der Waals surface area contributed by atoms with Crippen molar-refractivity contribution in [2.75, 3.05) is 0 Å². The molecule has 0 rings (SSSR count). The van der Waals surface area contributed by atoms with E-state index in [1.807, 2.05) is 0 Å². The van der Waals surface area contributed by atoms with Gasteiger partial charge in [-0.15, -0.1) is 0 Å². The van der Waals surface area contributed by atoms with Crippen LogP contribution in [0.2, 0.25) is 0 Å². The van der Waals surface area contributed by atoms with Gasteiger partial charge < -0.3 is 0 Å². The van der Waals surface area contributed by atoms with Crippen LogP contribution in [0.4, 0.5) is 0 Å². The average molecular weight is 166 g/mol. The maximum absolute atomic E-state index is 10.0. The molecule has 0 fully saturated rings. The van der Waals surface area contributed by atoms with Crippen molar-refractivity contribution in [1.82, 2.24) is 0 Å². The fourth-order valence-corrected chi connectivity index (χ4v) is 0.0833. The van der Waals surface area contributed by atoms with Crippen LogP contribution in [0.5, 0.6) is 0 Å². The van der Waals surface area contributed by atoms with Gasteiger partial charge in [0.15, 0.2) is 11.6 Å². The first-order valence-corrected chi connectivity index (χ1v) is 3.41. The normalized spacial score (nSPS) is 7.17. The SMILES string of the molecule is C=C(C)C(C)=O.C=CC(=O)C=C. The quantitative estimate of drug-likeness (QED) is 0.601. The van der Waals surface area contributed by atoms with E-state index in [9.17, 15) is 9.59 Å². The molecule has 0 heterocycles. The van der Waals surface area contributed by atoms with E-state index in [0.29, 0.717) is 5.57 Å². The lowest BCUT2D eigenvalue weighted by Crippen LogP contribution is -1.86. The van der Waals surface area contributed by atoms with Crippen LogP contribution < -0.4 is 0 Å². The summed E-state index contributed by atoms with van der Waals surface area (Å²) in [6.45, 7) is 13.0. The summed E-state index contributed by atoms with van der Waals surface area (Å²) in [7, 11) is 0. The smallest absolute Gasteiger partial charge is 0.177 e. The van der Waals surface area contributed by atoms with Gasteiger partial charge >= 0.3 is 0 Å². The largest absolute Gasteiger partial charge is 0.295 e. The van der Waals surface area contributed by atoms with Crippen molar-refractivity contribution in [3.05, 3.63) is 37.5 Å². The average Bonchev–Trinajstić information content (AvgIpc) is 2.04. The highest BCUT2D eigenvalue weighted by Gasteiger charge is 1.85. The van der Waals surface area contributed by atoms with Crippen LogP contribution in [-0.4, -0.2) is 11.6 Å². The lowest BCUT2D eigenvalue weighted by molar-refractivity contribution is -0.113. The Hall–Kier alpha value is -1.44. The number of allylic oxidation sites excluding steroid dienone is 3. The molecule has 0 N–H and O–H groups in total. The van der Waals surface area contributed by atoms with Crippen LogP contribution in [-0.2, 0) is 9.59 Å². The van der Waals surface area contributed by atoms with Gasteiger partial charge in [0.2, 0.25) is 0 Å². The van der Waals surface area contributed by atoms with Gasteiger partial charge in [-0.1, -0.05) is 19.7 Å². The molecular weight excluding hydrogens is 152 g/mol. The summed E-state index contributed by atoms with van der Waals surface area (Å²) in [5.74, 6) is -0.0648. The van der Waals surface area contributed by atoms with Crippen molar-refractivity contribution in [2.24, 2.45) is 0 Å². The van der Waals surface area contributed by atoms with Crippen molar-refractivity contribution in [3.8, 4) is 0 Å². The molecule has 66 valence electrons. The molecular formula is C10H14O2. The summed E-state index contributed by atoms with van der Waals surface area (Å²) in [6, 6.07) is 0. The Bertz CT molecular complexity index is 190. The molecule has 0 aromatic heterocycles. The van der Waals surface area contributed by atoms with E-state index < -0.39 is 0 Å². The van der Waals surface area contributed by atoms with Crippen molar-refractivity contribution in [2.45, 2.75) is 13.8 Å². The Kier molecular flexibility index (Phi) is 8.41. The number of ketones is 2. The number of rotatable bonds is 3. The second-order valence-electron chi connectivity index (χ2n) is 2.15. The van der Waals surface area contributed by atoms with E-state index in [1.54, 1.807) is 6.92 Å². The molecule has 0 atom stereocenters. The van der Waals surface area contributed by atoms with E-state index in [-0.39, 0.29) is 11.6 Å². The highest BCUT2D eigenvalue weighted by Crippen LogP contribution is 1.84. The third-order valence-electron chi connectivity index (χ3n) is 1.00. The molecule has 12 heavy (non-hydrogen) atoms. The molecule has 0 saturated carbocycles. The molecule has 0 aliphatic heterocycles. The van der Waals surface area contributed by atoms with Crippen LogP contribution >= 0.6 is 0 Å². The van der Waals surface area contributed by atoms with Crippen LogP contribution in [0.1, 0.15) is 13.8 Å². The second kappa shape index (κ2) is 7.66. The van der Waals surface area contributed by atoms with Crippen molar-refractivity contribution < 1.29 is 9.59 Å². The molecule has 0 amide bonds. The van der Waals surface area contributed by atoms with Crippen molar-refractivity contribution in [1.29, 1.82) is 0 Å². The molecule has 0 aromatic carbocycles. The summed E-state index contributed by atoms with van der Waals surface area (Å²) < 4.78 is 0. The predicted octanol–water partition coefficient (Wildman–Crippen LogP) is 2.08. The van der Waals surface area contributed by atoms with Gasteiger partial charge in [0.1, 0.15) is 0 Å². The molecule has 0 radical (unpaired) electrons. The van der Waals surface area contributed by atoms with E-state index in [0.717, 1.165) is 0 Å². The maximum Gasteiger partial charge on any atom is 0.177 e. The van der Waals surface area contributed by atoms with E-state index in [2.05, 4.69) is 19.7 Å². The van der Waals surface area contributed by atoms with Gasteiger partial charge in [0, 0.05) is 0 Å². The molecule has 0 aromatic rings. The molecule has 0 aliphatic rings. The highest BCUT2D eigenvalue weighted by molar-refractivity contribution is 5.98. The molecule has 2 nitrogen and oxygen atoms in total. The van der Waals surface area contributed by atoms with E-state index in [4.69, 9.17) is 0 Å². The molecule has 0 saturated heterocycles. The first-order valence-electron chi connectivity index (χ1n) is 3.41. The summed E-state index contributed by atoms with van der Waals surface area (Å²) in [6.07, 6.45) is 2.43. The second-order valence-corrected chi connectivity index (χ2v) is 2.15. The Labute approximate surface area is 73.3 Å². The van der Waals surface area contributed by atoms with Gasteiger partial charge in [0.05, 0.1) is 0 Å². The summed E-state index contributed by atoms with van der Waals surface area (Å²) >= 11 is 0. The lowest BCUT2D eigenvalue weighted by atomic mass is 10.3. The zero-order valence-electron chi connectivity index (χ0n) is 7.59. The topological polar surface area (TPSA) is 34.1 Å². The minimum Gasteiger partial charge on any atom is -0.295 e. The number of carbonyl (C=O) groups excluding carboxylic acids is 2. The minimum atomic E-state index is -0.130. The Balaban J connectivity index is 0. The summed E-state index contributed by atoms with van der Waals surface area (Å²) in [5, 5.41) is 0. The number of Topliss-reactive ketones (excluding diaryl/α,β-unsaturated/α-hetero) is 1. The van der Waals surface area contributed by atoms with Crippen LogP contribution in [0.25, 0.3) is 0 Å². The Morgan fingerprint density at radius 2 is 1.33 bits per heavy atom. The maximum atomic E-state index is 10.0. The van der Waals surface area contributed by atoms with Gasteiger partial charge in [-0.05, 0) is 31.6 Å². The zero-order valence-corrected chi connectivity index (χ0v) is 7.59. The first kappa shape index (κ1) is 13.2. The number of hydrogen-bond donors (Lipinski definition) is 0. The Morgan fingerprint density at radius 3 is 1.33 bits per heavy atom. The van der Waals surface area contributed by atoms with Gasteiger partial charge in [-0.2, -0.15) is 0 Å². The van der Waals surface area contributed by atoms with Crippen LogP contribution in [0.3, 0.4) is 0 Å². The molecule has 0 aliphatic carbocycles. The molecule has 2 heteroatoms. The molecule has 0 bridgehead atoms. The lowest BCUT2D eigenvalue weighted by Gasteiger charge is -1.80. The first-order chi connectivity index (χ1) is 5.45. The standard InChI is InChI=1S/C5H8O.C5H6O/c1-4(2)5(3)6;1-3-5(6)4-2/h1H2,2-3H3;3-4H,1-2H2. The molecule has 0 spiro atoms. The Morgan fingerprint density at radius 1 is 1.08 bits per heavy atom. The van der Waals surface area contributed by atoms with Gasteiger partial charge in [-0.3, -0.25) is 9.59 Å².